The third kappa shape index (κ3) is 3.15. The molecule has 0 unspecified atom stereocenters. The molecule has 0 fully saturated rings. The quantitative estimate of drug-likeness (QED) is 0.877. The van der Waals surface area contributed by atoms with Gasteiger partial charge in [-0.15, -0.1) is 0 Å². The Labute approximate surface area is 113 Å². The lowest BCUT2D eigenvalue weighted by molar-refractivity contribution is 0.817. The Morgan fingerprint density at radius 1 is 1.00 bits per heavy atom. The van der Waals surface area contributed by atoms with E-state index in [1.807, 2.05) is 6.92 Å². The van der Waals surface area contributed by atoms with Gasteiger partial charge in [-0.3, -0.25) is 0 Å². The zero-order valence-corrected chi connectivity index (χ0v) is 11.9. The van der Waals surface area contributed by atoms with Gasteiger partial charge in [-0.25, -0.2) is 0 Å². The van der Waals surface area contributed by atoms with Crippen molar-refractivity contribution in [3.05, 3.63) is 59.2 Å². The number of benzene rings is 2. The second-order valence-electron chi connectivity index (χ2n) is 4.73. The van der Waals surface area contributed by atoms with Crippen LogP contribution in [-0.4, -0.2) is 0 Å². The summed E-state index contributed by atoms with van der Waals surface area (Å²) < 4.78 is 0. The SMILES string of the molecule is Cc1ccc(Sc2ccc([C@H](C)N)cc2)c(C)c1. The van der Waals surface area contributed by atoms with Gasteiger partial charge in [0.25, 0.3) is 0 Å². The van der Waals surface area contributed by atoms with Crippen molar-refractivity contribution in [3.8, 4) is 0 Å². The molecule has 2 aromatic rings. The average Bonchev–Trinajstić information content (AvgIpc) is 2.33. The fourth-order valence-corrected chi connectivity index (χ4v) is 2.76. The molecule has 18 heavy (non-hydrogen) atoms. The van der Waals surface area contributed by atoms with Gasteiger partial charge in [0.05, 0.1) is 0 Å². The molecule has 0 bridgehead atoms. The van der Waals surface area contributed by atoms with Gasteiger partial charge in [-0.1, -0.05) is 41.6 Å². The molecule has 2 aromatic carbocycles. The fourth-order valence-electron chi connectivity index (χ4n) is 1.88. The fraction of sp³-hybridized carbons (Fsp3) is 0.250. The minimum Gasteiger partial charge on any atom is -0.324 e. The van der Waals surface area contributed by atoms with E-state index in [1.54, 1.807) is 11.8 Å². The number of aryl methyl sites for hydroxylation is 2. The number of nitrogens with two attached hydrogens (primary N) is 1. The van der Waals surface area contributed by atoms with Crippen LogP contribution >= 0.6 is 11.8 Å². The Bertz CT molecular complexity index is 529. The van der Waals surface area contributed by atoms with Gasteiger partial charge in [-0.05, 0) is 50.1 Å². The van der Waals surface area contributed by atoms with E-state index in [1.165, 1.54) is 26.5 Å². The summed E-state index contributed by atoms with van der Waals surface area (Å²) in [6.45, 7) is 6.29. The molecule has 0 aliphatic carbocycles. The van der Waals surface area contributed by atoms with Gasteiger partial charge < -0.3 is 5.73 Å². The van der Waals surface area contributed by atoms with Gasteiger partial charge in [0.1, 0.15) is 0 Å². The van der Waals surface area contributed by atoms with Crippen LogP contribution in [0.1, 0.15) is 29.7 Å². The van der Waals surface area contributed by atoms with Gasteiger partial charge in [0.2, 0.25) is 0 Å². The Hall–Kier alpha value is -1.25. The van der Waals surface area contributed by atoms with E-state index in [2.05, 4.69) is 56.3 Å². The van der Waals surface area contributed by atoms with Gasteiger partial charge >= 0.3 is 0 Å². The van der Waals surface area contributed by atoms with Crippen LogP contribution in [0.4, 0.5) is 0 Å². The summed E-state index contributed by atoms with van der Waals surface area (Å²) in [5, 5.41) is 0. The second-order valence-corrected chi connectivity index (χ2v) is 5.84. The van der Waals surface area contributed by atoms with E-state index in [4.69, 9.17) is 5.73 Å². The Kier molecular flexibility index (Phi) is 4.10. The van der Waals surface area contributed by atoms with E-state index < -0.39 is 0 Å². The van der Waals surface area contributed by atoms with Crippen LogP contribution in [0.25, 0.3) is 0 Å². The van der Waals surface area contributed by atoms with E-state index in [-0.39, 0.29) is 6.04 Å². The van der Waals surface area contributed by atoms with Gasteiger partial charge in [0, 0.05) is 15.8 Å². The van der Waals surface area contributed by atoms with Crippen molar-refractivity contribution in [1.29, 1.82) is 0 Å². The summed E-state index contributed by atoms with van der Waals surface area (Å²) in [7, 11) is 0. The highest BCUT2D eigenvalue weighted by molar-refractivity contribution is 7.99. The maximum absolute atomic E-state index is 5.85. The topological polar surface area (TPSA) is 26.0 Å². The number of hydrogen-bond acceptors (Lipinski definition) is 2. The van der Waals surface area contributed by atoms with E-state index in [0.29, 0.717) is 0 Å². The first-order valence-corrected chi connectivity index (χ1v) is 6.98. The minimum absolute atomic E-state index is 0.102. The largest absolute Gasteiger partial charge is 0.324 e. The maximum atomic E-state index is 5.85. The molecule has 0 aliphatic heterocycles. The molecule has 0 amide bonds. The summed E-state index contributed by atoms with van der Waals surface area (Å²) in [6.07, 6.45) is 0. The predicted molar refractivity (Wildman–Crippen MR) is 79.1 cm³/mol. The molecule has 94 valence electrons. The monoisotopic (exact) mass is 257 g/mol. The zero-order chi connectivity index (χ0) is 13.1. The molecule has 2 N–H and O–H groups in total. The van der Waals surface area contributed by atoms with Crippen LogP contribution in [0, 0.1) is 13.8 Å². The minimum atomic E-state index is 0.102. The van der Waals surface area contributed by atoms with Gasteiger partial charge in [-0.2, -0.15) is 0 Å². The van der Waals surface area contributed by atoms with Crippen molar-refractivity contribution in [2.24, 2.45) is 5.73 Å². The normalized spacial score (nSPS) is 12.4. The maximum Gasteiger partial charge on any atom is 0.0266 e. The number of rotatable bonds is 3. The summed E-state index contributed by atoms with van der Waals surface area (Å²) in [4.78, 5) is 2.57. The predicted octanol–water partition coefficient (Wildman–Crippen LogP) is 4.47. The molecule has 1 atom stereocenters. The molecule has 0 saturated carbocycles. The molecule has 0 aromatic heterocycles. The summed E-state index contributed by atoms with van der Waals surface area (Å²) in [5.74, 6) is 0. The zero-order valence-electron chi connectivity index (χ0n) is 11.1. The molecular weight excluding hydrogens is 238 g/mol. The van der Waals surface area contributed by atoms with Crippen LogP contribution in [0.15, 0.2) is 52.3 Å². The Balaban J connectivity index is 2.18. The molecular formula is C16H19NS. The lowest BCUT2D eigenvalue weighted by atomic mass is 10.1. The summed E-state index contributed by atoms with van der Waals surface area (Å²) in [6, 6.07) is 15.2. The summed E-state index contributed by atoms with van der Waals surface area (Å²) >= 11 is 1.80. The third-order valence-corrected chi connectivity index (χ3v) is 4.15. The Morgan fingerprint density at radius 3 is 2.22 bits per heavy atom. The van der Waals surface area contributed by atoms with Crippen LogP contribution in [-0.2, 0) is 0 Å². The molecule has 2 rings (SSSR count). The van der Waals surface area contributed by atoms with Crippen molar-refractivity contribution >= 4 is 11.8 Å². The van der Waals surface area contributed by atoms with Crippen LogP contribution in [0.2, 0.25) is 0 Å². The molecule has 2 heteroatoms. The van der Waals surface area contributed by atoms with E-state index in [0.717, 1.165) is 0 Å². The van der Waals surface area contributed by atoms with Crippen LogP contribution in [0.5, 0.6) is 0 Å². The molecule has 0 saturated heterocycles. The standard InChI is InChI=1S/C16H19NS/c1-11-4-9-16(12(2)10-11)18-15-7-5-14(6-8-15)13(3)17/h4-10,13H,17H2,1-3H3/t13-/m0/s1. The van der Waals surface area contributed by atoms with Gasteiger partial charge in [0.15, 0.2) is 0 Å². The van der Waals surface area contributed by atoms with Crippen molar-refractivity contribution in [2.45, 2.75) is 36.6 Å². The molecule has 0 spiro atoms. The smallest absolute Gasteiger partial charge is 0.0266 e. The highest BCUT2D eigenvalue weighted by Crippen LogP contribution is 2.31. The first-order valence-electron chi connectivity index (χ1n) is 6.17. The highest BCUT2D eigenvalue weighted by atomic mass is 32.2. The number of hydrogen-bond donors (Lipinski definition) is 1. The van der Waals surface area contributed by atoms with Crippen molar-refractivity contribution in [2.75, 3.05) is 0 Å². The average molecular weight is 257 g/mol. The van der Waals surface area contributed by atoms with Crippen LogP contribution in [0.3, 0.4) is 0 Å². The van der Waals surface area contributed by atoms with Crippen LogP contribution < -0.4 is 5.73 Å². The molecule has 1 nitrogen and oxygen atoms in total. The first kappa shape index (κ1) is 13.2. The summed E-state index contributed by atoms with van der Waals surface area (Å²) in [5.41, 5.74) is 9.67. The van der Waals surface area contributed by atoms with Crippen molar-refractivity contribution < 1.29 is 0 Å². The molecule has 0 radical (unpaired) electrons. The second kappa shape index (κ2) is 5.59. The van der Waals surface area contributed by atoms with Crippen molar-refractivity contribution in [1.82, 2.24) is 0 Å². The van der Waals surface area contributed by atoms with E-state index in [9.17, 15) is 0 Å². The third-order valence-electron chi connectivity index (χ3n) is 2.96. The molecule has 0 heterocycles. The highest BCUT2D eigenvalue weighted by Gasteiger charge is 2.03. The molecule has 0 aliphatic rings. The lowest BCUT2D eigenvalue weighted by Gasteiger charge is -2.09. The van der Waals surface area contributed by atoms with Crippen molar-refractivity contribution in [3.63, 3.8) is 0 Å². The lowest BCUT2D eigenvalue weighted by Crippen LogP contribution is -2.04. The first-order chi connectivity index (χ1) is 8.56. The van der Waals surface area contributed by atoms with E-state index >= 15 is 0 Å². The Morgan fingerprint density at radius 2 is 1.67 bits per heavy atom.